The van der Waals surface area contributed by atoms with Gasteiger partial charge in [0.05, 0.1) is 0 Å². The van der Waals surface area contributed by atoms with Crippen molar-refractivity contribution in [1.29, 1.82) is 0 Å². The summed E-state index contributed by atoms with van der Waals surface area (Å²) >= 11 is 0. The maximum atomic E-state index is 3.52. The lowest BCUT2D eigenvalue weighted by atomic mass is 10.1. The molecular weight excluding hydrogens is 234 g/mol. The van der Waals surface area contributed by atoms with Crippen LogP contribution < -0.4 is 10.6 Å². The van der Waals surface area contributed by atoms with E-state index in [9.17, 15) is 0 Å². The minimum absolute atomic E-state index is 1.01. The molecule has 2 aromatic carbocycles. The molecule has 3 nitrogen and oxygen atoms in total. The van der Waals surface area contributed by atoms with Crippen LogP contribution in [-0.2, 0) is 0 Å². The van der Waals surface area contributed by atoms with E-state index in [0.717, 1.165) is 26.2 Å². The van der Waals surface area contributed by atoms with Crippen LogP contribution in [0.25, 0.3) is 10.8 Å². The summed E-state index contributed by atoms with van der Waals surface area (Å²) in [5, 5.41) is 9.50. The maximum Gasteiger partial charge on any atom is 0.0347 e. The molecule has 0 saturated carbocycles. The van der Waals surface area contributed by atoms with Crippen LogP contribution in [0.2, 0.25) is 0 Å². The zero-order valence-electron chi connectivity index (χ0n) is 11.2. The summed E-state index contributed by atoms with van der Waals surface area (Å²) in [6.45, 7) is 6.71. The van der Waals surface area contributed by atoms with E-state index in [2.05, 4.69) is 58.0 Å². The summed E-state index contributed by atoms with van der Waals surface area (Å²) in [5.74, 6) is 0. The van der Waals surface area contributed by atoms with Crippen molar-refractivity contribution in [1.82, 2.24) is 10.2 Å². The van der Waals surface area contributed by atoms with Gasteiger partial charge in [-0.15, -0.1) is 0 Å². The molecule has 0 radical (unpaired) electrons. The van der Waals surface area contributed by atoms with Gasteiger partial charge < -0.3 is 10.6 Å². The van der Waals surface area contributed by atoms with Gasteiger partial charge in [0.2, 0.25) is 0 Å². The van der Waals surface area contributed by atoms with E-state index in [1.54, 1.807) is 0 Å². The van der Waals surface area contributed by atoms with Gasteiger partial charge in [0.25, 0.3) is 0 Å². The van der Waals surface area contributed by atoms with Gasteiger partial charge in [-0.25, -0.2) is 0 Å². The molecule has 3 heteroatoms. The minimum Gasteiger partial charge on any atom is -0.384 e. The molecule has 19 heavy (non-hydrogen) atoms. The molecule has 3 rings (SSSR count). The van der Waals surface area contributed by atoms with Crippen LogP contribution in [-0.4, -0.2) is 44.2 Å². The summed E-state index contributed by atoms with van der Waals surface area (Å²) in [5.41, 5.74) is 1.22. The molecule has 0 spiro atoms. The molecule has 2 N–H and O–H groups in total. The Morgan fingerprint density at radius 1 is 1.00 bits per heavy atom. The van der Waals surface area contributed by atoms with Gasteiger partial charge in [-0.05, 0) is 22.9 Å². The first-order valence-corrected chi connectivity index (χ1v) is 7.07. The fraction of sp³-hybridized carbons (Fsp3) is 0.375. The second-order valence-electron chi connectivity index (χ2n) is 5.08. The Kier molecular flexibility index (Phi) is 3.96. The lowest BCUT2D eigenvalue weighted by Gasteiger charge is -2.27. The monoisotopic (exact) mass is 255 g/mol. The van der Waals surface area contributed by atoms with Crippen molar-refractivity contribution in [2.45, 2.75) is 0 Å². The second-order valence-corrected chi connectivity index (χ2v) is 5.08. The molecule has 0 amide bonds. The lowest BCUT2D eigenvalue weighted by molar-refractivity contribution is 0.249. The van der Waals surface area contributed by atoms with E-state index in [0.29, 0.717) is 0 Å². The number of nitrogens with zero attached hydrogens (tertiary/aromatic N) is 1. The molecule has 0 bridgehead atoms. The summed E-state index contributed by atoms with van der Waals surface area (Å²) in [4.78, 5) is 2.50. The number of hydrogen-bond acceptors (Lipinski definition) is 3. The first kappa shape index (κ1) is 12.5. The van der Waals surface area contributed by atoms with Gasteiger partial charge in [-0.1, -0.05) is 30.3 Å². The van der Waals surface area contributed by atoms with E-state index < -0.39 is 0 Å². The zero-order chi connectivity index (χ0) is 12.9. The van der Waals surface area contributed by atoms with Crippen molar-refractivity contribution < 1.29 is 0 Å². The SMILES string of the molecule is c1ccc2cc(NCCN3CCNCC3)ccc2c1. The van der Waals surface area contributed by atoms with E-state index in [4.69, 9.17) is 0 Å². The quantitative estimate of drug-likeness (QED) is 0.876. The Labute approximate surface area is 114 Å². The molecule has 1 heterocycles. The van der Waals surface area contributed by atoms with Crippen LogP contribution in [0.5, 0.6) is 0 Å². The van der Waals surface area contributed by atoms with Crippen LogP contribution in [0.3, 0.4) is 0 Å². The first-order valence-electron chi connectivity index (χ1n) is 7.07. The highest BCUT2D eigenvalue weighted by molar-refractivity contribution is 5.85. The number of benzene rings is 2. The van der Waals surface area contributed by atoms with Crippen LogP contribution in [0.4, 0.5) is 5.69 Å². The number of nitrogens with one attached hydrogen (secondary N) is 2. The number of rotatable bonds is 4. The molecule has 1 aliphatic rings. The van der Waals surface area contributed by atoms with Gasteiger partial charge in [0, 0.05) is 45.0 Å². The van der Waals surface area contributed by atoms with Crippen LogP contribution in [0, 0.1) is 0 Å². The highest BCUT2D eigenvalue weighted by atomic mass is 15.2. The topological polar surface area (TPSA) is 27.3 Å². The van der Waals surface area contributed by atoms with Gasteiger partial charge in [-0.2, -0.15) is 0 Å². The summed E-state index contributed by atoms with van der Waals surface area (Å²) in [6.07, 6.45) is 0. The molecule has 1 aliphatic heterocycles. The van der Waals surface area contributed by atoms with Crippen molar-refractivity contribution in [3.63, 3.8) is 0 Å². The summed E-state index contributed by atoms with van der Waals surface area (Å²) in [7, 11) is 0. The average Bonchev–Trinajstić information content (AvgIpc) is 2.48. The maximum absolute atomic E-state index is 3.52. The van der Waals surface area contributed by atoms with E-state index in [1.165, 1.54) is 29.5 Å². The highest BCUT2D eigenvalue weighted by Gasteiger charge is 2.08. The van der Waals surface area contributed by atoms with Gasteiger partial charge >= 0.3 is 0 Å². The van der Waals surface area contributed by atoms with Crippen molar-refractivity contribution in [2.75, 3.05) is 44.6 Å². The normalized spacial score (nSPS) is 16.6. The number of anilines is 1. The fourth-order valence-corrected chi connectivity index (χ4v) is 2.59. The number of piperazine rings is 1. The van der Waals surface area contributed by atoms with Gasteiger partial charge in [-0.3, -0.25) is 4.90 Å². The molecule has 1 saturated heterocycles. The average molecular weight is 255 g/mol. The zero-order valence-corrected chi connectivity index (χ0v) is 11.2. The Balaban J connectivity index is 1.56. The van der Waals surface area contributed by atoms with Crippen LogP contribution in [0.1, 0.15) is 0 Å². The number of hydrogen-bond donors (Lipinski definition) is 2. The fourth-order valence-electron chi connectivity index (χ4n) is 2.59. The number of fused-ring (bicyclic) bond motifs is 1. The first-order chi connectivity index (χ1) is 9.42. The van der Waals surface area contributed by atoms with E-state index >= 15 is 0 Å². The standard InChI is InChI=1S/C16H21N3/c1-2-4-15-13-16(6-5-14(15)3-1)18-9-12-19-10-7-17-8-11-19/h1-6,13,17-18H,7-12H2. The van der Waals surface area contributed by atoms with Crippen molar-refractivity contribution in [3.8, 4) is 0 Å². The summed E-state index contributed by atoms with van der Waals surface area (Å²) in [6, 6.07) is 15.1. The molecule has 1 fully saturated rings. The van der Waals surface area contributed by atoms with Crippen molar-refractivity contribution in [3.05, 3.63) is 42.5 Å². The molecule has 2 aromatic rings. The van der Waals surface area contributed by atoms with Crippen molar-refractivity contribution >= 4 is 16.5 Å². The molecule has 100 valence electrons. The van der Waals surface area contributed by atoms with E-state index in [-0.39, 0.29) is 0 Å². The largest absolute Gasteiger partial charge is 0.384 e. The van der Waals surface area contributed by atoms with Crippen molar-refractivity contribution in [2.24, 2.45) is 0 Å². The Morgan fingerprint density at radius 2 is 1.79 bits per heavy atom. The van der Waals surface area contributed by atoms with Gasteiger partial charge in [0.15, 0.2) is 0 Å². The highest BCUT2D eigenvalue weighted by Crippen LogP contribution is 2.18. The third-order valence-corrected chi connectivity index (χ3v) is 3.72. The van der Waals surface area contributed by atoms with Crippen LogP contribution >= 0.6 is 0 Å². The predicted molar refractivity (Wildman–Crippen MR) is 81.7 cm³/mol. The lowest BCUT2D eigenvalue weighted by Crippen LogP contribution is -2.45. The molecule has 0 unspecified atom stereocenters. The predicted octanol–water partition coefficient (Wildman–Crippen LogP) is 2.16. The van der Waals surface area contributed by atoms with Crippen LogP contribution in [0.15, 0.2) is 42.5 Å². The van der Waals surface area contributed by atoms with Gasteiger partial charge in [0.1, 0.15) is 0 Å². The minimum atomic E-state index is 1.01. The Hall–Kier alpha value is -1.58. The summed E-state index contributed by atoms with van der Waals surface area (Å²) < 4.78 is 0. The molecule has 0 atom stereocenters. The Morgan fingerprint density at radius 3 is 2.63 bits per heavy atom. The third-order valence-electron chi connectivity index (χ3n) is 3.72. The Bertz CT molecular complexity index is 532. The molecular formula is C16H21N3. The smallest absolute Gasteiger partial charge is 0.0347 e. The second kappa shape index (κ2) is 6.04. The van der Waals surface area contributed by atoms with E-state index in [1.807, 2.05) is 0 Å². The molecule has 0 aromatic heterocycles. The molecule has 0 aliphatic carbocycles. The third kappa shape index (κ3) is 3.25.